The van der Waals surface area contributed by atoms with Crippen molar-refractivity contribution in [3.63, 3.8) is 0 Å². The third kappa shape index (κ3) is 5.98. The predicted molar refractivity (Wildman–Crippen MR) is 142 cm³/mol. The van der Waals surface area contributed by atoms with E-state index in [1.807, 2.05) is 6.07 Å². The Hall–Kier alpha value is -4.32. The molecule has 5 rings (SSSR count). The van der Waals surface area contributed by atoms with Gasteiger partial charge in [0.1, 0.15) is 17.9 Å². The van der Waals surface area contributed by atoms with E-state index < -0.39 is 23.7 Å². The van der Waals surface area contributed by atoms with Crippen molar-refractivity contribution >= 4 is 34.9 Å². The Morgan fingerprint density at radius 1 is 1.17 bits per heavy atom. The van der Waals surface area contributed by atoms with Gasteiger partial charge >= 0.3 is 6.18 Å². The topological polar surface area (TPSA) is 141 Å². The average molecular weight is 619 g/mol. The van der Waals surface area contributed by atoms with E-state index in [9.17, 15) is 28.0 Å². The highest BCUT2D eigenvalue weighted by Gasteiger charge is 2.37. The summed E-state index contributed by atoms with van der Waals surface area (Å²) in [7, 11) is 0. The number of nitrogens with zero attached hydrogens (tertiary/aromatic N) is 7. The predicted octanol–water partition coefficient (Wildman–Crippen LogP) is 3.97. The molecule has 1 amide bonds. The molecule has 16 heteroatoms. The molecule has 0 bridgehead atoms. The van der Waals surface area contributed by atoms with Gasteiger partial charge in [0, 0.05) is 12.0 Å². The lowest BCUT2D eigenvalue weighted by Crippen LogP contribution is -2.48. The summed E-state index contributed by atoms with van der Waals surface area (Å²) in [6.07, 6.45) is -5.08. The van der Waals surface area contributed by atoms with E-state index in [0.717, 1.165) is 0 Å². The molecule has 0 aliphatic carbocycles. The Bertz CT molecular complexity index is 1720. The highest BCUT2D eigenvalue weighted by Crippen LogP contribution is 2.31. The molecule has 11 nitrogen and oxygen atoms in total. The molecule has 0 unspecified atom stereocenters. The number of rotatable bonds is 8. The number of ether oxygens (including phenoxy) is 1. The standard InChI is InChI=1S/C26H19Cl2F3N8O3/c1-13-5-14(9-32)6-18(24(41)33-16-11-42-12-16)17(13)8-22(40)21-7-15(10-38-36-25(34-37-38)26(29,30)31)35-39(21)23-19(27)3-2-4-20(23)28/h2-7,16H,8,10-12H2,1H3,(H,33,41). The number of Topliss-reactive ketones (excluding diaryl/α,β-unsaturated/α-hetero) is 1. The molecule has 216 valence electrons. The minimum atomic E-state index is -4.79. The van der Waals surface area contributed by atoms with Gasteiger partial charge in [-0.15, -0.1) is 10.2 Å². The van der Waals surface area contributed by atoms with Crippen LogP contribution in [0.15, 0.2) is 36.4 Å². The third-order valence-corrected chi connectivity index (χ3v) is 6.97. The van der Waals surface area contributed by atoms with Gasteiger partial charge in [0.15, 0.2) is 5.78 Å². The molecular formula is C26H19Cl2F3N8O3. The van der Waals surface area contributed by atoms with Gasteiger partial charge in [0.2, 0.25) is 0 Å². The molecule has 1 aliphatic rings. The van der Waals surface area contributed by atoms with E-state index in [2.05, 4.69) is 25.8 Å². The summed E-state index contributed by atoms with van der Waals surface area (Å²) in [4.78, 5) is 27.7. The maximum Gasteiger partial charge on any atom is 0.455 e. The van der Waals surface area contributed by atoms with Crippen molar-refractivity contribution in [3.8, 4) is 11.8 Å². The van der Waals surface area contributed by atoms with Crippen LogP contribution in [-0.2, 0) is 23.9 Å². The number of aryl methyl sites for hydroxylation is 1. The number of alkyl halides is 3. The van der Waals surface area contributed by atoms with Gasteiger partial charge in [0.05, 0.1) is 46.6 Å². The molecule has 0 saturated carbocycles. The minimum absolute atomic E-state index is 0.0151. The van der Waals surface area contributed by atoms with Crippen molar-refractivity contribution in [2.75, 3.05) is 13.2 Å². The highest BCUT2D eigenvalue weighted by molar-refractivity contribution is 6.37. The number of aromatic nitrogens is 6. The van der Waals surface area contributed by atoms with E-state index >= 15 is 0 Å². The number of hydrogen-bond acceptors (Lipinski definition) is 8. The number of para-hydroxylation sites is 1. The van der Waals surface area contributed by atoms with Crippen LogP contribution < -0.4 is 5.32 Å². The van der Waals surface area contributed by atoms with E-state index in [0.29, 0.717) is 29.1 Å². The molecule has 3 heterocycles. The SMILES string of the molecule is Cc1cc(C#N)cc(C(=O)NC2COC2)c1CC(=O)c1cc(Cn2nnc(C(F)(F)F)n2)nn1-c1c(Cl)cccc1Cl. The quantitative estimate of drug-likeness (QED) is 0.293. The second-order valence-electron chi connectivity index (χ2n) is 9.38. The van der Waals surface area contributed by atoms with E-state index in [4.69, 9.17) is 27.9 Å². The maximum atomic E-state index is 13.8. The lowest BCUT2D eigenvalue weighted by molar-refractivity contribution is -0.145. The molecule has 1 fully saturated rings. The van der Waals surface area contributed by atoms with Gasteiger partial charge in [0.25, 0.3) is 11.7 Å². The lowest BCUT2D eigenvalue weighted by Gasteiger charge is -2.27. The van der Waals surface area contributed by atoms with Gasteiger partial charge in [-0.2, -0.15) is 28.3 Å². The second kappa shape index (κ2) is 11.5. The van der Waals surface area contributed by atoms with Crippen LogP contribution in [0.1, 0.15) is 49.1 Å². The fourth-order valence-corrected chi connectivity index (χ4v) is 4.85. The molecular weight excluding hydrogens is 600 g/mol. The van der Waals surface area contributed by atoms with E-state index in [1.165, 1.54) is 28.9 Å². The molecule has 42 heavy (non-hydrogen) atoms. The highest BCUT2D eigenvalue weighted by atomic mass is 35.5. The summed E-state index contributed by atoms with van der Waals surface area (Å²) in [5, 5.41) is 26.7. The van der Waals surface area contributed by atoms with Crippen molar-refractivity contribution in [2.24, 2.45) is 0 Å². The Morgan fingerprint density at radius 2 is 1.88 bits per heavy atom. The fourth-order valence-electron chi connectivity index (χ4n) is 4.29. The third-order valence-electron chi connectivity index (χ3n) is 6.36. The molecule has 2 aromatic heterocycles. The summed E-state index contributed by atoms with van der Waals surface area (Å²) < 4.78 is 45.2. The molecule has 0 atom stereocenters. The second-order valence-corrected chi connectivity index (χ2v) is 10.2. The van der Waals surface area contributed by atoms with Crippen LogP contribution in [0.4, 0.5) is 13.2 Å². The number of nitriles is 1. The average Bonchev–Trinajstić information content (AvgIpc) is 3.55. The van der Waals surface area contributed by atoms with Crippen LogP contribution in [0.3, 0.4) is 0 Å². The Labute approximate surface area is 245 Å². The number of tetrazole rings is 1. The number of ketones is 1. The van der Waals surface area contributed by atoms with Crippen LogP contribution in [0.5, 0.6) is 0 Å². The molecule has 1 aliphatic heterocycles. The number of hydrogen-bond donors (Lipinski definition) is 1. The monoisotopic (exact) mass is 618 g/mol. The zero-order valence-corrected chi connectivity index (χ0v) is 23.1. The first kappa shape index (κ1) is 29.2. The van der Waals surface area contributed by atoms with Gasteiger partial charge in [-0.1, -0.05) is 29.3 Å². The number of nitrogens with one attached hydrogen (secondary N) is 1. The fraction of sp³-hybridized carbons (Fsp3) is 0.269. The van der Waals surface area contributed by atoms with Crippen molar-refractivity contribution in [1.29, 1.82) is 5.26 Å². The molecule has 0 spiro atoms. The smallest absolute Gasteiger partial charge is 0.377 e. The van der Waals surface area contributed by atoms with Crippen LogP contribution >= 0.6 is 23.2 Å². The zero-order valence-electron chi connectivity index (χ0n) is 21.6. The van der Waals surface area contributed by atoms with E-state index in [-0.39, 0.29) is 57.3 Å². The summed E-state index contributed by atoms with van der Waals surface area (Å²) in [5.74, 6) is -2.41. The molecule has 0 radical (unpaired) electrons. The van der Waals surface area contributed by atoms with Gasteiger partial charge in [-0.3, -0.25) is 9.59 Å². The van der Waals surface area contributed by atoms with Crippen molar-refractivity contribution in [2.45, 2.75) is 32.1 Å². The lowest BCUT2D eigenvalue weighted by atomic mass is 9.93. The number of carbonyl (C=O) groups is 2. The van der Waals surface area contributed by atoms with E-state index in [1.54, 1.807) is 19.1 Å². The molecule has 1 N–H and O–H groups in total. The van der Waals surface area contributed by atoms with Crippen molar-refractivity contribution in [3.05, 3.63) is 85.9 Å². The summed E-state index contributed by atoms with van der Waals surface area (Å²) in [6, 6.07) is 10.8. The van der Waals surface area contributed by atoms with Crippen LogP contribution in [0, 0.1) is 18.3 Å². The number of halogens is 5. The summed E-state index contributed by atoms with van der Waals surface area (Å²) in [6.45, 7) is 2.02. The van der Waals surface area contributed by atoms with Crippen LogP contribution in [-0.4, -0.2) is 60.9 Å². The molecule has 1 saturated heterocycles. The first-order valence-corrected chi connectivity index (χ1v) is 13.0. The number of benzene rings is 2. The van der Waals surface area contributed by atoms with Crippen molar-refractivity contribution in [1.82, 2.24) is 35.3 Å². The van der Waals surface area contributed by atoms with Crippen LogP contribution in [0.25, 0.3) is 5.69 Å². The zero-order chi connectivity index (χ0) is 30.2. The number of carbonyl (C=O) groups excluding carboxylic acids is 2. The number of amides is 1. The summed E-state index contributed by atoms with van der Waals surface area (Å²) >= 11 is 12.8. The first-order valence-electron chi connectivity index (χ1n) is 12.3. The van der Waals surface area contributed by atoms with Gasteiger partial charge < -0.3 is 10.1 Å². The first-order chi connectivity index (χ1) is 19.9. The maximum absolute atomic E-state index is 13.8. The van der Waals surface area contributed by atoms with Gasteiger partial charge in [-0.05, 0) is 53.6 Å². The summed E-state index contributed by atoms with van der Waals surface area (Å²) in [5.41, 5.74) is 1.57. The minimum Gasteiger partial charge on any atom is -0.377 e. The van der Waals surface area contributed by atoms with Crippen LogP contribution in [0.2, 0.25) is 10.0 Å². The molecule has 4 aromatic rings. The molecule has 2 aromatic carbocycles. The van der Waals surface area contributed by atoms with Gasteiger partial charge in [-0.25, -0.2) is 4.68 Å². The van der Waals surface area contributed by atoms with Crippen molar-refractivity contribution < 1.29 is 27.5 Å². The normalized spacial score (nSPS) is 13.5. The Balaban J connectivity index is 1.54. The largest absolute Gasteiger partial charge is 0.455 e. The Morgan fingerprint density at radius 3 is 2.48 bits per heavy atom. The Kier molecular flexibility index (Phi) is 8.00.